The van der Waals surface area contributed by atoms with Gasteiger partial charge in [-0.1, -0.05) is 0 Å². The number of hydrogen-bond acceptors (Lipinski definition) is 6. The van der Waals surface area contributed by atoms with Gasteiger partial charge in [0.1, 0.15) is 5.69 Å². The Morgan fingerprint density at radius 2 is 2.00 bits per heavy atom. The van der Waals surface area contributed by atoms with Gasteiger partial charge in [0.25, 0.3) is 5.56 Å². The van der Waals surface area contributed by atoms with Crippen molar-refractivity contribution >= 4 is 21.6 Å². The minimum atomic E-state index is -5.04. The molecule has 0 saturated carbocycles. The van der Waals surface area contributed by atoms with E-state index in [1.807, 2.05) is 0 Å². The number of anilines is 1. The standard InChI is InChI=1S/C21H19F3N4O5S/c1-13-11-14-12-15(4-6-17(14)28(13)20(30)21(22,23)24)34(31,32)25-8-9-27-19(29)7-5-16(26-27)18-3-2-10-33-18/h2-7,10,12-13,25H,8-9,11H2,1H3. The third kappa shape index (κ3) is 4.61. The van der Waals surface area contributed by atoms with Crippen molar-refractivity contribution in [2.75, 3.05) is 11.4 Å². The van der Waals surface area contributed by atoms with Crippen molar-refractivity contribution in [3.8, 4) is 11.5 Å². The van der Waals surface area contributed by atoms with Crippen LogP contribution in [0.4, 0.5) is 18.9 Å². The number of aromatic nitrogens is 2. The Morgan fingerprint density at radius 3 is 2.68 bits per heavy atom. The molecule has 0 bridgehead atoms. The molecule has 0 saturated heterocycles. The third-order valence-electron chi connectivity index (χ3n) is 5.29. The number of furan rings is 1. The van der Waals surface area contributed by atoms with Crippen LogP contribution in [0, 0.1) is 0 Å². The first kappa shape index (κ1) is 23.7. The minimum absolute atomic E-state index is 0.0271. The lowest BCUT2D eigenvalue weighted by molar-refractivity contribution is -0.170. The van der Waals surface area contributed by atoms with Crippen LogP contribution in [0.3, 0.4) is 0 Å². The van der Waals surface area contributed by atoms with Gasteiger partial charge in [0.2, 0.25) is 10.0 Å². The number of sulfonamides is 1. The molecule has 34 heavy (non-hydrogen) atoms. The van der Waals surface area contributed by atoms with Crippen molar-refractivity contribution in [1.82, 2.24) is 14.5 Å². The predicted molar refractivity (Wildman–Crippen MR) is 115 cm³/mol. The Balaban J connectivity index is 1.48. The molecule has 3 aromatic rings. The molecule has 1 atom stereocenters. The fraction of sp³-hybridized carbons (Fsp3) is 0.286. The molecule has 1 aliphatic rings. The number of benzene rings is 1. The zero-order chi connectivity index (χ0) is 24.7. The second-order valence-corrected chi connectivity index (χ2v) is 9.44. The van der Waals surface area contributed by atoms with E-state index in [4.69, 9.17) is 4.42 Å². The number of nitrogens with one attached hydrogen (secondary N) is 1. The Kier molecular flexibility index (Phi) is 6.08. The first-order valence-electron chi connectivity index (χ1n) is 10.1. The Hall–Kier alpha value is -3.45. The van der Waals surface area contributed by atoms with Crippen molar-refractivity contribution in [1.29, 1.82) is 0 Å². The highest BCUT2D eigenvalue weighted by atomic mass is 32.2. The van der Waals surface area contributed by atoms with E-state index < -0.39 is 33.7 Å². The maximum atomic E-state index is 12.9. The molecule has 1 unspecified atom stereocenters. The fourth-order valence-electron chi connectivity index (χ4n) is 3.75. The summed E-state index contributed by atoms with van der Waals surface area (Å²) in [6.45, 7) is 1.23. The lowest BCUT2D eigenvalue weighted by Gasteiger charge is -2.23. The van der Waals surface area contributed by atoms with E-state index in [1.165, 1.54) is 37.5 Å². The number of rotatable bonds is 6. The van der Waals surface area contributed by atoms with Crippen molar-refractivity contribution < 1.29 is 30.8 Å². The molecule has 2 aromatic heterocycles. The van der Waals surface area contributed by atoms with E-state index in [9.17, 15) is 31.2 Å². The number of amides is 1. The molecule has 1 N–H and O–H groups in total. The van der Waals surface area contributed by atoms with Crippen molar-refractivity contribution in [3.63, 3.8) is 0 Å². The van der Waals surface area contributed by atoms with Gasteiger partial charge in [-0.05, 0) is 55.3 Å². The topological polar surface area (TPSA) is 115 Å². The molecule has 0 spiro atoms. The molecule has 1 aromatic carbocycles. The number of nitrogens with zero attached hydrogens (tertiary/aromatic N) is 3. The second-order valence-electron chi connectivity index (χ2n) is 7.67. The lowest BCUT2D eigenvalue weighted by Crippen LogP contribution is -2.44. The highest BCUT2D eigenvalue weighted by Gasteiger charge is 2.47. The summed E-state index contributed by atoms with van der Waals surface area (Å²) in [4.78, 5) is 24.3. The quantitative estimate of drug-likeness (QED) is 0.560. The maximum absolute atomic E-state index is 12.9. The van der Waals surface area contributed by atoms with Crippen LogP contribution in [-0.2, 0) is 27.8 Å². The monoisotopic (exact) mass is 496 g/mol. The molecular formula is C21H19F3N4O5S. The van der Waals surface area contributed by atoms with Crippen LogP contribution in [0.25, 0.3) is 11.5 Å². The van der Waals surface area contributed by atoms with Gasteiger partial charge < -0.3 is 9.32 Å². The molecule has 0 radical (unpaired) electrons. The largest absolute Gasteiger partial charge is 0.471 e. The zero-order valence-corrected chi connectivity index (χ0v) is 18.6. The highest BCUT2D eigenvalue weighted by Crippen LogP contribution is 2.36. The number of hydrogen-bond donors (Lipinski definition) is 1. The van der Waals surface area contributed by atoms with Gasteiger partial charge in [0, 0.05) is 24.3 Å². The average molecular weight is 496 g/mol. The second kappa shape index (κ2) is 8.72. The normalized spacial score (nSPS) is 16.0. The van der Waals surface area contributed by atoms with Gasteiger partial charge in [-0.2, -0.15) is 18.3 Å². The summed E-state index contributed by atoms with van der Waals surface area (Å²) in [5.41, 5.74) is 0.310. The van der Waals surface area contributed by atoms with E-state index >= 15 is 0 Å². The maximum Gasteiger partial charge on any atom is 0.471 e. The molecule has 0 aliphatic carbocycles. The van der Waals surface area contributed by atoms with Crippen molar-refractivity contribution in [2.24, 2.45) is 0 Å². The molecule has 180 valence electrons. The molecule has 4 rings (SSSR count). The molecule has 1 aliphatic heterocycles. The first-order chi connectivity index (χ1) is 16.0. The summed E-state index contributed by atoms with van der Waals surface area (Å²) in [6, 6.07) is 8.91. The van der Waals surface area contributed by atoms with Gasteiger partial charge in [-0.3, -0.25) is 9.59 Å². The highest BCUT2D eigenvalue weighted by molar-refractivity contribution is 7.89. The SMILES string of the molecule is CC1Cc2cc(S(=O)(=O)NCCn3nc(-c4ccco4)ccc3=O)ccc2N1C(=O)C(F)(F)F. The summed E-state index contributed by atoms with van der Waals surface area (Å²) in [5, 5.41) is 4.15. The van der Waals surface area contributed by atoms with Crippen LogP contribution in [0.1, 0.15) is 12.5 Å². The van der Waals surface area contributed by atoms with Crippen LogP contribution < -0.4 is 15.2 Å². The minimum Gasteiger partial charge on any atom is -0.463 e. The number of carbonyl (C=O) groups is 1. The average Bonchev–Trinajstić information content (AvgIpc) is 3.40. The van der Waals surface area contributed by atoms with E-state index in [0.29, 0.717) is 21.9 Å². The Morgan fingerprint density at radius 1 is 1.24 bits per heavy atom. The first-order valence-corrected chi connectivity index (χ1v) is 11.6. The summed E-state index contributed by atoms with van der Waals surface area (Å²) in [5.74, 6) is -1.55. The number of alkyl halides is 3. The third-order valence-corrected chi connectivity index (χ3v) is 6.75. The van der Waals surface area contributed by atoms with E-state index in [2.05, 4.69) is 9.82 Å². The number of carbonyl (C=O) groups excluding carboxylic acids is 1. The Labute approximate surface area is 191 Å². The van der Waals surface area contributed by atoms with E-state index in [0.717, 1.165) is 10.7 Å². The van der Waals surface area contributed by atoms with E-state index in [-0.39, 0.29) is 30.1 Å². The molecule has 0 fully saturated rings. The summed E-state index contributed by atoms with van der Waals surface area (Å²) >= 11 is 0. The van der Waals surface area contributed by atoms with E-state index in [1.54, 1.807) is 12.1 Å². The van der Waals surface area contributed by atoms with Crippen LogP contribution >= 0.6 is 0 Å². The zero-order valence-electron chi connectivity index (χ0n) is 17.7. The van der Waals surface area contributed by atoms with Crippen LogP contribution in [0.15, 0.2) is 62.8 Å². The number of fused-ring (bicyclic) bond motifs is 1. The molecule has 3 heterocycles. The smallest absolute Gasteiger partial charge is 0.463 e. The number of halogens is 3. The fourth-order valence-corrected chi connectivity index (χ4v) is 4.83. The molecule has 1 amide bonds. The van der Waals surface area contributed by atoms with Crippen molar-refractivity contribution in [3.05, 3.63) is 64.6 Å². The summed E-state index contributed by atoms with van der Waals surface area (Å²) in [7, 11) is -4.04. The van der Waals surface area contributed by atoms with Crippen molar-refractivity contribution in [2.45, 2.75) is 37.0 Å². The summed E-state index contributed by atoms with van der Waals surface area (Å²) in [6.07, 6.45) is -3.50. The predicted octanol–water partition coefficient (Wildman–Crippen LogP) is 2.32. The van der Waals surface area contributed by atoms with Gasteiger partial charge in [-0.25, -0.2) is 17.8 Å². The van der Waals surface area contributed by atoms with Gasteiger partial charge >= 0.3 is 12.1 Å². The van der Waals surface area contributed by atoms with Gasteiger partial charge in [0.05, 0.1) is 17.7 Å². The van der Waals surface area contributed by atoms with Crippen LogP contribution in [0.2, 0.25) is 0 Å². The lowest BCUT2D eigenvalue weighted by atomic mass is 10.1. The van der Waals surface area contributed by atoms with Crippen LogP contribution in [0.5, 0.6) is 0 Å². The molecule has 9 nitrogen and oxygen atoms in total. The molecular weight excluding hydrogens is 477 g/mol. The van der Waals surface area contributed by atoms with Gasteiger partial charge in [-0.15, -0.1) is 0 Å². The molecule has 13 heteroatoms. The van der Waals surface area contributed by atoms with Gasteiger partial charge in [0.15, 0.2) is 5.76 Å². The Bertz CT molecular complexity index is 1380. The van der Waals surface area contributed by atoms with Crippen LogP contribution in [-0.4, -0.2) is 42.9 Å². The summed E-state index contributed by atoms with van der Waals surface area (Å²) < 4.78 is 72.9.